The minimum absolute atomic E-state index is 0.297. The number of esters is 1. The van der Waals surface area contributed by atoms with Crippen LogP contribution >= 0.6 is 11.3 Å². The normalized spacial score (nSPS) is 10.2. The number of carbonyl (C=O) groups is 1. The van der Waals surface area contributed by atoms with E-state index in [4.69, 9.17) is 5.73 Å². The molecule has 2 rings (SSSR count). The lowest BCUT2D eigenvalue weighted by Crippen LogP contribution is -2.08. The maximum Gasteiger partial charge on any atom is 0.340 e. The van der Waals surface area contributed by atoms with E-state index in [0.29, 0.717) is 23.6 Å². The lowest BCUT2D eigenvalue weighted by molar-refractivity contribution is 0.0602. The molecule has 0 atom stereocenters. The number of methoxy groups -OCH3 is 1. The lowest BCUT2D eigenvalue weighted by Gasteiger charge is -2.07. The highest BCUT2D eigenvalue weighted by molar-refractivity contribution is 7.11. The van der Waals surface area contributed by atoms with Gasteiger partial charge in [0.25, 0.3) is 0 Å². The first-order chi connectivity index (χ1) is 9.10. The number of nitrogen functional groups attached to an aromatic ring is 1. The topological polar surface area (TPSA) is 90.1 Å². The third kappa shape index (κ3) is 3.19. The molecule has 0 radical (unpaired) electrons. The molecule has 0 bridgehead atoms. The van der Waals surface area contributed by atoms with Gasteiger partial charge in [0.1, 0.15) is 5.82 Å². The highest BCUT2D eigenvalue weighted by atomic mass is 32.1. The molecule has 0 aliphatic heterocycles. The smallest absolute Gasteiger partial charge is 0.340 e. The summed E-state index contributed by atoms with van der Waals surface area (Å²) < 4.78 is 4.66. The molecule has 3 N–H and O–H groups in total. The number of carbonyl (C=O) groups excluding carboxylic acids is 1. The van der Waals surface area contributed by atoms with Crippen molar-refractivity contribution in [3.63, 3.8) is 0 Å². The van der Waals surface area contributed by atoms with Crippen LogP contribution in [-0.2, 0) is 11.3 Å². The van der Waals surface area contributed by atoms with Gasteiger partial charge in [-0.1, -0.05) is 0 Å². The second-order valence-corrected chi connectivity index (χ2v) is 5.17. The number of aromatic nitrogens is 2. The number of nitrogens with zero attached hydrogens (tertiary/aromatic N) is 2. The number of hydrogen-bond acceptors (Lipinski definition) is 7. The molecule has 0 aliphatic rings. The zero-order valence-electron chi connectivity index (χ0n) is 10.6. The summed E-state index contributed by atoms with van der Waals surface area (Å²) in [6.45, 7) is 2.55. The SMILES string of the molecule is COC(=O)c1cc(NCc2cnc(C)s2)ncc1N. The Morgan fingerprint density at radius 1 is 1.47 bits per heavy atom. The quantitative estimate of drug-likeness (QED) is 0.829. The van der Waals surface area contributed by atoms with Crippen molar-refractivity contribution in [3.05, 3.63) is 33.9 Å². The highest BCUT2D eigenvalue weighted by Gasteiger charge is 2.11. The summed E-state index contributed by atoms with van der Waals surface area (Å²) in [5.74, 6) is 0.0947. The number of pyridine rings is 1. The van der Waals surface area contributed by atoms with Crippen LogP contribution in [0.2, 0.25) is 0 Å². The Kier molecular flexibility index (Phi) is 3.96. The van der Waals surface area contributed by atoms with Crippen molar-refractivity contribution in [2.45, 2.75) is 13.5 Å². The second-order valence-electron chi connectivity index (χ2n) is 3.85. The Hall–Kier alpha value is -2.15. The minimum Gasteiger partial charge on any atom is -0.465 e. The van der Waals surface area contributed by atoms with Crippen LogP contribution in [0.4, 0.5) is 11.5 Å². The number of aryl methyl sites for hydroxylation is 1. The number of thiazole rings is 1. The number of nitrogens with two attached hydrogens (primary N) is 1. The molecule has 6 nitrogen and oxygen atoms in total. The summed E-state index contributed by atoms with van der Waals surface area (Å²) in [6.07, 6.45) is 3.25. The predicted octanol–water partition coefficient (Wildman–Crippen LogP) is 1.83. The molecule has 0 aliphatic carbocycles. The van der Waals surface area contributed by atoms with Gasteiger partial charge in [-0.15, -0.1) is 11.3 Å². The average Bonchev–Trinajstić information content (AvgIpc) is 2.83. The van der Waals surface area contributed by atoms with Crippen molar-refractivity contribution < 1.29 is 9.53 Å². The molecule has 19 heavy (non-hydrogen) atoms. The number of rotatable bonds is 4. The molecule has 7 heteroatoms. The highest BCUT2D eigenvalue weighted by Crippen LogP contribution is 2.18. The van der Waals surface area contributed by atoms with Gasteiger partial charge in [0.05, 0.1) is 36.1 Å². The summed E-state index contributed by atoms with van der Waals surface area (Å²) in [5.41, 5.74) is 6.28. The first-order valence-corrected chi connectivity index (χ1v) is 6.41. The summed E-state index contributed by atoms with van der Waals surface area (Å²) in [4.78, 5) is 20.9. The van der Waals surface area contributed by atoms with Gasteiger partial charge in [-0.05, 0) is 13.0 Å². The van der Waals surface area contributed by atoms with Gasteiger partial charge in [-0.3, -0.25) is 0 Å². The van der Waals surface area contributed by atoms with Crippen molar-refractivity contribution in [2.24, 2.45) is 0 Å². The van der Waals surface area contributed by atoms with Gasteiger partial charge in [-0.25, -0.2) is 14.8 Å². The van der Waals surface area contributed by atoms with E-state index in [0.717, 1.165) is 9.88 Å². The maximum absolute atomic E-state index is 11.5. The Bertz CT molecular complexity index is 597. The van der Waals surface area contributed by atoms with E-state index < -0.39 is 5.97 Å². The molecule has 0 unspecified atom stereocenters. The van der Waals surface area contributed by atoms with E-state index in [1.54, 1.807) is 17.4 Å². The van der Waals surface area contributed by atoms with E-state index in [-0.39, 0.29) is 0 Å². The van der Waals surface area contributed by atoms with Crippen molar-refractivity contribution in [1.82, 2.24) is 9.97 Å². The molecule has 0 saturated carbocycles. The minimum atomic E-state index is -0.475. The number of anilines is 2. The number of nitrogens with one attached hydrogen (secondary N) is 1. The molecule has 2 aromatic heterocycles. The average molecular weight is 278 g/mol. The van der Waals surface area contributed by atoms with Gasteiger partial charge in [-0.2, -0.15) is 0 Å². The predicted molar refractivity (Wildman–Crippen MR) is 74.2 cm³/mol. The Labute approximate surface area is 114 Å². The monoisotopic (exact) mass is 278 g/mol. The Balaban J connectivity index is 2.10. The first-order valence-electron chi connectivity index (χ1n) is 5.59. The summed E-state index contributed by atoms with van der Waals surface area (Å²) in [5, 5.41) is 4.13. The summed E-state index contributed by atoms with van der Waals surface area (Å²) >= 11 is 1.61. The van der Waals surface area contributed by atoms with E-state index in [9.17, 15) is 4.79 Å². The maximum atomic E-state index is 11.5. The van der Waals surface area contributed by atoms with Crippen LogP contribution in [0.25, 0.3) is 0 Å². The molecule has 0 saturated heterocycles. The second kappa shape index (κ2) is 5.66. The van der Waals surface area contributed by atoms with E-state index >= 15 is 0 Å². The van der Waals surface area contributed by atoms with Crippen LogP contribution in [0.15, 0.2) is 18.5 Å². The Morgan fingerprint density at radius 2 is 2.26 bits per heavy atom. The molecule has 2 heterocycles. The molecular formula is C12H14N4O2S. The Morgan fingerprint density at radius 3 is 2.89 bits per heavy atom. The van der Waals surface area contributed by atoms with E-state index in [1.807, 2.05) is 13.1 Å². The van der Waals surface area contributed by atoms with Crippen molar-refractivity contribution in [3.8, 4) is 0 Å². The van der Waals surface area contributed by atoms with Crippen molar-refractivity contribution >= 4 is 28.8 Å². The molecule has 0 amide bonds. The fraction of sp³-hybridized carbons (Fsp3) is 0.250. The van der Waals surface area contributed by atoms with Gasteiger partial charge < -0.3 is 15.8 Å². The first kappa shape index (κ1) is 13.3. The van der Waals surface area contributed by atoms with E-state index in [2.05, 4.69) is 20.0 Å². The molecule has 0 fully saturated rings. The fourth-order valence-corrected chi connectivity index (χ4v) is 2.25. The van der Waals surface area contributed by atoms with Gasteiger partial charge in [0, 0.05) is 11.1 Å². The van der Waals surface area contributed by atoms with Crippen molar-refractivity contribution in [2.75, 3.05) is 18.2 Å². The van der Waals surface area contributed by atoms with Crippen molar-refractivity contribution in [1.29, 1.82) is 0 Å². The summed E-state index contributed by atoms with van der Waals surface area (Å²) in [7, 11) is 1.31. The number of ether oxygens (including phenoxy) is 1. The van der Waals surface area contributed by atoms with Gasteiger partial charge in [0.15, 0.2) is 0 Å². The zero-order chi connectivity index (χ0) is 13.8. The van der Waals surface area contributed by atoms with Crippen LogP contribution in [-0.4, -0.2) is 23.0 Å². The molecule has 100 valence electrons. The fourth-order valence-electron chi connectivity index (χ4n) is 1.51. The molecule has 0 spiro atoms. The summed E-state index contributed by atoms with van der Waals surface area (Å²) in [6, 6.07) is 1.58. The van der Waals surface area contributed by atoms with Crippen LogP contribution in [0, 0.1) is 6.92 Å². The van der Waals surface area contributed by atoms with Crippen LogP contribution < -0.4 is 11.1 Å². The third-order valence-electron chi connectivity index (χ3n) is 2.45. The van der Waals surface area contributed by atoms with Crippen LogP contribution in [0.1, 0.15) is 20.2 Å². The van der Waals surface area contributed by atoms with Gasteiger partial charge >= 0.3 is 5.97 Å². The van der Waals surface area contributed by atoms with Gasteiger partial charge in [0.2, 0.25) is 0 Å². The van der Waals surface area contributed by atoms with E-state index in [1.165, 1.54) is 13.3 Å². The largest absolute Gasteiger partial charge is 0.465 e. The standard InChI is InChI=1S/C12H14N4O2S/c1-7-14-4-8(19-7)5-15-11-3-9(12(17)18-2)10(13)6-16-11/h3-4,6H,5,13H2,1-2H3,(H,15,16). The number of hydrogen-bond donors (Lipinski definition) is 2. The zero-order valence-corrected chi connectivity index (χ0v) is 11.5. The molecule has 0 aromatic carbocycles. The molecular weight excluding hydrogens is 264 g/mol. The third-order valence-corrected chi connectivity index (χ3v) is 3.37. The van der Waals surface area contributed by atoms with Crippen LogP contribution in [0.3, 0.4) is 0 Å². The molecule has 2 aromatic rings. The van der Waals surface area contributed by atoms with Crippen LogP contribution in [0.5, 0.6) is 0 Å². The lowest BCUT2D eigenvalue weighted by atomic mass is 10.2.